The first kappa shape index (κ1) is 19.9. The zero-order valence-corrected chi connectivity index (χ0v) is 18.2. The molecule has 1 aromatic heterocycles. The standard InChI is InChI=1S/C24H28N2O2S/c1-4-27-21-11-9-20(10-12-21)25-24-26(15-22-6-5-13-28-22)23(16-29-24)19-8-7-17(2)18(3)14-19/h7-12,14,16,22H,4-6,13,15H2,1-3H3. The van der Waals surface area contributed by atoms with Crippen LogP contribution in [-0.2, 0) is 11.3 Å². The number of hydrogen-bond acceptors (Lipinski definition) is 4. The first-order valence-electron chi connectivity index (χ1n) is 10.3. The summed E-state index contributed by atoms with van der Waals surface area (Å²) in [7, 11) is 0. The minimum atomic E-state index is 0.258. The van der Waals surface area contributed by atoms with E-state index in [2.05, 4.69) is 42.0 Å². The van der Waals surface area contributed by atoms with E-state index in [-0.39, 0.29) is 6.10 Å². The van der Waals surface area contributed by atoms with Crippen molar-refractivity contribution in [3.63, 3.8) is 0 Å². The Bertz CT molecular complexity index is 1030. The Morgan fingerprint density at radius 1 is 1.14 bits per heavy atom. The van der Waals surface area contributed by atoms with Gasteiger partial charge in [-0.1, -0.05) is 12.1 Å². The number of nitrogens with zero attached hydrogens (tertiary/aromatic N) is 2. The molecule has 1 atom stereocenters. The topological polar surface area (TPSA) is 35.8 Å². The lowest BCUT2D eigenvalue weighted by Gasteiger charge is -2.15. The molecule has 0 radical (unpaired) electrons. The largest absolute Gasteiger partial charge is 0.494 e. The highest BCUT2D eigenvalue weighted by atomic mass is 32.1. The molecule has 1 aliphatic heterocycles. The number of aryl methyl sites for hydroxylation is 2. The fourth-order valence-corrected chi connectivity index (χ4v) is 4.55. The van der Waals surface area contributed by atoms with E-state index in [1.54, 1.807) is 11.3 Å². The average molecular weight is 409 g/mol. The van der Waals surface area contributed by atoms with Gasteiger partial charge in [0.1, 0.15) is 5.75 Å². The quantitative estimate of drug-likeness (QED) is 0.529. The lowest BCUT2D eigenvalue weighted by Crippen LogP contribution is -2.24. The van der Waals surface area contributed by atoms with Gasteiger partial charge in [-0.15, -0.1) is 11.3 Å². The number of rotatable bonds is 6. The van der Waals surface area contributed by atoms with Crippen molar-refractivity contribution in [1.82, 2.24) is 4.57 Å². The van der Waals surface area contributed by atoms with Crippen molar-refractivity contribution in [1.29, 1.82) is 0 Å². The van der Waals surface area contributed by atoms with Gasteiger partial charge in [0.25, 0.3) is 0 Å². The van der Waals surface area contributed by atoms with Crippen LogP contribution in [0.4, 0.5) is 5.69 Å². The van der Waals surface area contributed by atoms with Gasteiger partial charge < -0.3 is 14.0 Å². The molecule has 0 saturated carbocycles. The van der Waals surface area contributed by atoms with Crippen molar-refractivity contribution < 1.29 is 9.47 Å². The van der Waals surface area contributed by atoms with Crippen molar-refractivity contribution >= 4 is 17.0 Å². The predicted molar refractivity (Wildman–Crippen MR) is 119 cm³/mol. The van der Waals surface area contributed by atoms with Crippen molar-refractivity contribution in [3.8, 4) is 17.0 Å². The third kappa shape index (κ3) is 4.62. The van der Waals surface area contributed by atoms with Crippen LogP contribution in [0.15, 0.2) is 52.8 Å². The first-order valence-corrected chi connectivity index (χ1v) is 11.2. The molecule has 5 heteroatoms. The maximum atomic E-state index is 5.93. The Kier molecular flexibility index (Phi) is 6.16. The molecule has 4 rings (SSSR count). The monoisotopic (exact) mass is 408 g/mol. The molecule has 2 aromatic carbocycles. The second-order valence-corrected chi connectivity index (χ2v) is 8.32. The van der Waals surface area contributed by atoms with Crippen LogP contribution in [0.3, 0.4) is 0 Å². The fraction of sp³-hybridized carbons (Fsp3) is 0.375. The smallest absolute Gasteiger partial charge is 0.190 e. The summed E-state index contributed by atoms with van der Waals surface area (Å²) in [6.45, 7) is 8.68. The molecule has 0 aliphatic carbocycles. The molecular formula is C24H28N2O2S. The molecule has 1 unspecified atom stereocenters. The highest BCUT2D eigenvalue weighted by molar-refractivity contribution is 7.07. The Morgan fingerprint density at radius 2 is 1.97 bits per heavy atom. The normalized spacial score (nSPS) is 17.1. The predicted octanol–water partition coefficient (Wildman–Crippen LogP) is 5.64. The SMILES string of the molecule is CCOc1ccc(N=c2scc(-c3ccc(C)c(C)c3)n2CC2CCCO2)cc1. The second-order valence-electron chi connectivity index (χ2n) is 7.49. The van der Waals surface area contributed by atoms with Gasteiger partial charge in [-0.05, 0) is 80.6 Å². The minimum absolute atomic E-state index is 0.258. The summed E-state index contributed by atoms with van der Waals surface area (Å²) in [6.07, 6.45) is 2.51. The Labute approximate surface area is 176 Å². The fourth-order valence-electron chi connectivity index (χ4n) is 3.61. The van der Waals surface area contributed by atoms with E-state index >= 15 is 0 Å². The molecule has 0 N–H and O–H groups in total. The van der Waals surface area contributed by atoms with E-state index in [4.69, 9.17) is 14.5 Å². The third-order valence-electron chi connectivity index (χ3n) is 5.38. The van der Waals surface area contributed by atoms with Crippen LogP contribution in [0.2, 0.25) is 0 Å². The highest BCUT2D eigenvalue weighted by Gasteiger charge is 2.19. The maximum Gasteiger partial charge on any atom is 0.190 e. The maximum absolute atomic E-state index is 5.93. The number of hydrogen-bond donors (Lipinski definition) is 0. The van der Waals surface area contributed by atoms with Crippen molar-refractivity contribution in [2.24, 2.45) is 4.99 Å². The van der Waals surface area contributed by atoms with Crippen molar-refractivity contribution in [2.45, 2.75) is 46.3 Å². The Morgan fingerprint density at radius 3 is 2.66 bits per heavy atom. The third-order valence-corrected chi connectivity index (χ3v) is 6.25. The minimum Gasteiger partial charge on any atom is -0.494 e. The van der Waals surface area contributed by atoms with Crippen LogP contribution >= 0.6 is 11.3 Å². The zero-order valence-electron chi connectivity index (χ0n) is 17.4. The zero-order chi connectivity index (χ0) is 20.2. The van der Waals surface area contributed by atoms with E-state index in [0.717, 1.165) is 42.2 Å². The van der Waals surface area contributed by atoms with Gasteiger partial charge in [0.2, 0.25) is 0 Å². The molecule has 0 amide bonds. The van der Waals surface area contributed by atoms with Gasteiger partial charge >= 0.3 is 0 Å². The molecular weight excluding hydrogens is 380 g/mol. The van der Waals surface area contributed by atoms with Crippen molar-refractivity contribution in [2.75, 3.05) is 13.2 Å². The first-order chi connectivity index (χ1) is 14.1. The molecule has 2 heterocycles. The van der Waals surface area contributed by atoms with Crippen LogP contribution in [0, 0.1) is 13.8 Å². The molecule has 152 valence electrons. The Balaban J connectivity index is 1.74. The highest BCUT2D eigenvalue weighted by Crippen LogP contribution is 2.25. The molecule has 1 fully saturated rings. The summed E-state index contributed by atoms with van der Waals surface area (Å²) < 4.78 is 13.8. The summed E-state index contributed by atoms with van der Waals surface area (Å²) in [4.78, 5) is 5.94. The molecule has 3 aromatic rings. The van der Waals surface area contributed by atoms with Crippen LogP contribution in [0.25, 0.3) is 11.3 Å². The van der Waals surface area contributed by atoms with Crippen LogP contribution in [0.1, 0.15) is 30.9 Å². The number of benzene rings is 2. The molecule has 4 nitrogen and oxygen atoms in total. The van der Waals surface area contributed by atoms with E-state index in [9.17, 15) is 0 Å². The molecule has 1 aliphatic rings. The second kappa shape index (κ2) is 8.97. The number of aromatic nitrogens is 1. The van der Waals surface area contributed by atoms with Gasteiger partial charge in [-0.25, -0.2) is 4.99 Å². The summed E-state index contributed by atoms with van der Waals surface area (Å²) >= 11 is 1.68. The lowest BCUT2D eigenvalue weighted by molar-refractivity contribution is 0.0968. The van der Waals surface area contributed by atoms with Gasteiger partial charge in [0, 0.05) is 12.0 Å². The van der Waals surface area contributed by atoms with E-state index in [0.29, 0.717) is 6.61 Å². The van der Waals surface area contributed by atoms with Gasteiger partial charge in [0.05, 0.1) is 30.6 Å². The molecule has 0 bridgehead atoms. The molecule has 0 spiro atoms. The van der Waals surface area contributed by atoms with Gasteiger partial charge in [-0.2, -0.15) is 0 Å². The van der Waals surface area contributed by atoms with E-state index < -0.39 is 0 Å². The van der Waals surface area contributed by atoms with Crippen molar-refractivity contribution in [3.05, 3.63) is 63.8 Å². The van der Waals surface area contributed by atoms with Gasteiger partial charge in [-0.3, -0.25) is 0 Å². The van der Waals surface area contributed by atoms with Gasteiger partial charge in [0.15, 0.2) is 4.80 Å². The van der Waals surface area contributed by atoms with Crippen LogP contribution in [-0.4, -0.2) is 23.9 Å². The van der Waals surface area contributed by atoms with E-state index in [1.807, 2.05) is 31.2 Å². The summed E-state index contributed by atoms with van der Waals surface area (Å²) in [5, 5.41) is 2.21. The average Bonchev–Trinajstić information content (AvgIpc) is 3.37. The van der Waals surface area contributed by atoms with Crippen LogP contribution in [0.5, 0.6) is 5.75 Å². The van der Waals surface area contributed by atoms with E-state index in [1.165, 1.54) is 22.4 Å². The summed E-state index contributed by atoms with van der Waals surface area (Å²) in [5.74, 6) is 0.876. The Hall–Kier alpha value is -2.37. The number of thiazole rings is 1. The van der Waals surface area contributed by atoms with Crippen LogP contribution < -0.4 is 9.54 Å². The lowest BCUT2D eigenvalue weighted by atomic mass is 10.0. The molecule has 29 heavy (non-hydrogen) atoms. The molecule has 1 saturated heterocycles. The summed E-state index contributed by atoms with van der Waals surface area (Å²) in [5.41, 5.74) is 5.99. The summed E-state index contributed by atoms with van der Waals surface area (Å²) in [6, 6.07) is 14.6. The number of ether oxygens (including phenoxy) is 2.